The average Bonchev–Trinajstić information content (AvgIpc) is 2.57. The van der Waals surface area contributed by atoms with Gasteiger partial charge in [0.25, 0.3) is 0 Å². The van der Waals surface area contributed by atoms with Gasteiger partial charge >= 0.3 is 0 Å². The Morgan fingerprint density at radius 1 is 1.25 bits per heavy atom. The highest BCUT2D eigenvalue weighted by molar-refractivity contribution is 5.80. The summed E-state index contributed by atoms with van der Waals surface area (Å²) in [5.41, 5.74) is 0. The Morgan fingerprint density at radius 3 is 2.29 bits per heavy atom. The SMILES string of the molecule is CC.CC(=O)[C@H](O)[C@@H](O)[C@@H](CCO)OC1C[C@@H](O)[C@@H](O)[C@@H](CO)O1. The average molecular weight is 354 g/mol. The number of ketones is 1. The number of aliphatic hydroxyl groups excluding tert-OH is 6. The largest absolute Gasteiger partial charge is 0.396 e. The number of Topliss-reactive ketones (excluding diaryl/α,β-unsaturated/α-hetero) is 1. The second-order valence-corrected chi connectivity index (χ2v) is 5.31. The molecule has 0 aromatic rings. The van der Waals surface area contributed by atoms with Crippen molar-refractivity contribution in [2.24, 2.45) is 0 Å². The van der Waals surface area contributed by atoms with Crippen molar-refractivity contribution >= 4 is 5.78 Å². The third kappa shape index (κ3) is 6.69. The van der Waals surface area contributed by atoms with Gasteiger partial charge in [-0.2, -0.15) is 0 Å². The second-order valence-electron chi connectivity index (χ2n) is 5.31. The molecule has 1 aliphatic rings. The van der Waals surface area contributed by atoms with E-state index in [0.717, 1.165) is 6.92 Å². The summed E-state index contributed by atoms with van der Waals surface area (Å²) in [7, 11) is 0. The molecule has 0 spiro atoms. The van der Waals surface area contributed by atoms with Gasteiger partial charge in [-0.05, 0) is 13.3 Å². The number of ether oxygens (including phenoxy) is 2. The highest BCUT2D eigenvalue weighted by Crippen LogP contribution is 2.24. The van der Waals surface area contributed by atoms with Crippen molar-refractivity contribution in [1.82, 2.24) is 0 Å². The first kappa shape index (κ1) is 23.4. The topological polar surface area (TPSA) is 157 Å². The van der Waals surface area contributed by atoms with Crippen LogP contribution in [-0.2, 0) is 14.3 Å². The highest BCUT2D eigenvalue weighted by atomic mass is 16.7. The van der Waals surface area contributed by atoms with Gasteiger partial charge in [0.2, 0.25) is 0 Å². The summed E-state index contributed by atoms with van der Waals surface area (Å²) in [5, 5.41) is 56.9. The molecule has 0 aromatic carbocycles. The molecule has 1 saturated heterocycles. The minimum atomic E-state index is -1.68. The molecule has 7 atom stereocenters. The van der Waals surface area contributed by atoms with Crippen molar-refractivity contribution < 1.29 is 44.9 Å². The number of hydrogen-bond donors (Lipinski definition) is 6. The summed E-state index contributed by atoms with van der Waals surface area (Å²) in [4.78, 5) is 11.1. The van der Waals surface area contributed by atoms with Crippen LogP contribution in [0.5, 0.6) is 0 Å². The van der Waals surface area contributed by atoms with Crippen molar-refractivity contribution in [1.29, 1.82) is 0 Å². The predicted octanol–water partition coefficient (Wildman–Crippen LogP) is -2.08. The first-order valence-corrected chi connectivity index (χ1v) is 8.07. The zero-order chi connectivity index (χ0) is 18.9. The zero-order valence-corrected chi connectivity index (χ0v) is 14.3. The van der Waals surface area contributed by atoms with Crippen LogP contribution in [0.3, 0.4) is 0 Å². The van der Waals surface area contributed by atoms with Gasteiger partial charge in [0.15, 0.2) is 12.1 Å². The van der Waals surface area contributed by atoms with Crippen LogP contribution in [-0.4, -0.2) is 92.5 Å². The van der Waals surface area contributed by atoms with E-state index in [4.69, 9.17) is 19.7 Å². The quantitative estimate of drug-likeness (QED) is 0.288. The second kappa shape index (κ2) is 11.8. The summed E-state index contributed by atoms with van der Waals surface area (Å²) >= 11 is 0. The number of aliphatic hydroxyl groups is 6. The minimum Gasteiger partial charge on any atom is -0.396 e. The van der Waals surface area contributed by atoms with Gasteiger partial charge in [-0.3, -0.25) is 4.79 Å². The van der Waals surface area contributed by atoms with Crippen LogP contribution >= 0.6 is 0 Å². The van der Waals surface area contributed by atoms with Crippen molar-refractivity contribution in [3.8, 4) is 0 Å². The normalized spacial score (nSPS) is 30.7. The molecule has 0 saturated carbocycles. The molecule has 0 aromatic heterocycles. The van der Waals surface area contributed by atoms with E-state index in [1.54, 1.807) is 0 Å². The lowest BCUT2D eigenvalue weighted by molar-refractivity contribution is -0.281. The Balaban J connectivity index is 0.00000254. The zero-order valence-electron chi connectivity index (χ0n) is 14.3. The molecule has 0 bridgehead atoms. The van der Waals surface area contributed by atoms with Gasteiger partial charge in [-0.1, -0.05) is 13.8 Å². The third-order valence-corrected chi connectivity index (χ3v) is 3.58. The molecule has 1 rings (SSSR count). The van der Waals surface area contributed by atoms with E-state index in [0.29, 0.717) is 0 Å². The van der Waals surface area contributed by atoms with Crippen LogP contribution in [0.1, 0.15) is 33.6 Å². The van der Waals surface area contributed by atoms with E-state index in [2.05, 4.69) is 0 Å². The molecular formula is C15H30O9. The van der Waals surface area contributed by atoms with Gasteiger partial charge in [0.1, 0.15) is 24.4 Å². The van der Waals surface area contributed by atoms with Crippen LogP contribution in [0.15, 0.2) is 0 Å². The Kier molecular flexibility index (Phi) is 11.5. The molecule has 6 N–H and O–H groups in total. The third-order valence-electron chi connectivity index (χ3n) is 3.58. The molecule has 0 radical (unpaired) electrons. The summed E-state index contributed by atoms with van der Waals surface area (Å²) in [6.07, 6.45) is -9.16. The molecule has 9 heteroatoms. The van der Waals surface area contributed by atoms with E-state index in [1.807, 2.05) is 13.8 Å². The minimum absolute atomic E-state index is 0.0756. The molecule has 0 aliphatic carbocycles. The lowest BCUT2D eigenvalue weighted by Gasteiger charge is -2.38. The monoisotopic (exact) mass is 354 g/mol. The van der Waals surface area contributed by atoms with Crippen molar-refractivity contribution in [3.63, 3.8) is 0 Å². The fourth-order valence-corrected chi connectivity index (χ4v) is 2.24. The van der Waals surface area contributed by atoms with Gasteiger partial charge in [-0.15, -0.1) is 0 Å². The van der Waals surface area contributed by atoms with Crippen LogP contribution < -0.4 is 0 Å². The molecule has 1 aliphatic heterocycles. The van der Waals surface area contributed by atoms with Crippen molar-refractivity contribution in [3.05, 3.63) is 0 Å². The summed E-state index contributed by atoms with van der Waals surface area (Å²) < 4.78 is 10.6. The molecule has 9 nitrogen and oxygen atoms in total. The van der Waals surface area contributed by atoms with E-state index >= 15 is 0 Å². The molecule has 1 heterocycles. The van der Waals surface area contributed by atoms with Crippen molar-refractivity contribution in [2.75, 3.05) is 13.2 Å². The van der Waals surface area contributed by atoms with E-state index in [-0.39, 0.29) is 19.4 Å². The summed E-state index contributed by atoms with van der Waals surface area (Å²) in [6, 6.07) is 0. The van der Waals surface area contributed by atoms with Crippen molar-refractivity contribution in [2.45, 2.75) is 76.5 Å². The van der Waals surface area contributed by atoms with Gasteiger partial charge in [0, 0.05) is 13.0 Å². The maximum atomic E-state index is 11.1. The van der Waals surface area contributed by atoms with Gasteiger partial charge in [-0.25, -0.2) is 0 Å². The smallest absolute Gasteiger partial charge is 0.161 e. The van der Waals surface area contributed by atoms with Gasteiger partial charge < -0.3 is 40.1 Å². The lowest BCUT2D eigenvalue weighted by atomic mass is 10.0. The fraction of sp³-hybridized carbons (Fsp3) is 0.933. The standard InChI is InChI=1S/C13H24O9.C2H6/c1-6(16)11(18)13(20)8(2-3-14)21-10-4-7(17)12(19)9(5-15)22-10;1-2/h7-15,17-20H,2-5H2,1H3;1-2H3/t7-,8-,9-,10?,11+,12-,13+;/m1./s1. The Morgan fingerprint density at radius 2 is 1.83 bits per heavy atom. The maximum absolute atomic E-state index is 11.1. The number of rotatable bonds is 8. The lowest BCUT2D eigenvalue weighted by Crippen LogP contribution is -2.53. The van der Waals surface area contributed by atoms with Crippen LogP contribution in [0.4, 0.5) is 0 Å². The number of carbonyl (C=O) groups is 1. The molecular weight excluding hydrogens is 324 g/mol. The summed E-state index contributed by atoms with van der Waals surface area (Å²) in [6.45, 7) is 4.19. The molecule has 0 amide bonds. The highest BCUT2D eigenvalue weighted by Gasteiger charge is 2.39. The van der Waals surface area contributed by atoms with E-state index in [9.17, 15) is 25.2 Å². The van der Waals surface area contributed by atoms with Crippen LogP contribution in [0.2, 0.25) is 0 Å². The molecule has 24 heavy (non-hydrogen) atoms. The predicted molar refractivity (Wildman–Crippen MR) is 83.0 cm³/mol. The Hall–Kier alpha value is -0.650. The number of hydrogen-bond acceptors (Lipinski definition) is 9. The van der Waals surface area contributed by atoms with Gasteiger partial charge in [0.05, 0.1) is 18.8 Å². The number of carbonyl (C=O) groups excluding carboxylic acids is 1. The Bertz CT molecular complexity index is 352. The maximum Gasteiger partial charge on any atom is 0.161 e. The molecule has 1 fully saturated rings. The first-order valence-electron chi connectivity index (χ1n) is 8.07. The molecule has 1 unspecified atom stereocenters. The van der Waals surface area contributed by atoms with E-state index < -0.39 is 55.3 Å². The van der Waals surface area contributed by atoms with E-state index in [1.165, 1.54) is 0 Å². The van der Waals surface area contributed by atoms with Crippen LogP contribution in [0, 0.1) is 0 Å². The molecule has 144 valence electrons. The van der Waals surface area contributed by atoms with Crippen LogP contribution in [0.25, 0.3) is 0 Å². The first-order chi connectivity index (χ1) is 11.3. The Labute approximate surface area is 141 Å². The fourth-order valence-electron chi connectivity index (χ4n) is 2.24. The summed E-state index contributed by atoms with van der Waals surface area (Å²) in [5.74, 6) is -0.660.